The highest BCUT2D eigenvalue weighted by atomic mass is 19.1. The first-order valence-electron chi connectivity index (χ1n) is 10.4. The van der Waals surface area contributed by atoms with Crippen molar-refractivity contribution in [3.8, 4) is 17.3 Å². The number of rotatable bonds is 6. The molecule has 0 radical (unpaired) electrons. The molecule has 0 aliphatic heterocycles. The number of fused-ring (bicyclic) bond motifs is 1. The lowest BCUT2D eigenvalue weighted by atomic mass is 10.0. The van der Waals surface area contributed by atoms with Gasteiger partial charge in [-0.3, -0.25) is 0 Å². The largest absolute Gasteiger partial charge is 0.468 e. The Morgan fingerprint density at radius 3 is 2.90 bits per heavy atom. The summed E-state index contributed by atoms with van der Waals surface area (Å²) in [4.78, 5) is 4.12. The van der Waals surface area contributed by atoms with Crippen molar-refractivity contribution in [1.82, 2.24) is 34.6 Å². The molecule has 29 heavy (non-hydrogen) atoms. The second-order valence-corrected chi connectivity index (χ2v) is 6.49. The molecule has 10 heteroatoms. The van der Waals surface area contributed by atoms with E-state index in [2.05, 4.69) is 25.4 Å². The second kappa shape index (κ2) is 7.21. The van der Waals surface area contributed by atoms with E-state index >= 15 is 0 Å². The van der Waals surface area contributed by atoms with Crippen molar-refractivity contribution in [2.75, 3.05) is 0 Å². The van der Waals surface area contributed by atoms with Crippen molar-refractivity contribution in [1.29, 1.82) is 0 Å². The van der Waals surface area contributed by atoms with E-state index in [0.717, 1.165) is 6.92 Å². The monoisotopic (exact) mass is 400 g/mol. The van der Waals surface area contributed by atoms with Crippen molar-refractivity contribution < 1.29 is 18.3 Å². The Hall–Kier alpha value is -3.40. The summed E-state index contributed by atoms with van der Waals surface area (Å²) < 4.78 is 46.3. The Balaban J connectivity index is 1.86. The molecule has 0 bridgehead atoms. The van der Waals surface area contributed by atoms with Gasteiger partial charge in [0.15, 0.2) is 17.3 Å². The fourth-order valence-electron chi connectivity index (χ4n) is 2.88. The zero-order chi connectivity index (χ0) is 23.1. The Morgan fingerprint density at radius 1 is 1.31 bits per heavy atom. The van der Waals surface area contributed by atoms with E-state index in [1.165, 1.54) is 29.0 Å². The molecule has 0 saturated heterocycles. The molecular formula is C19H20FN7O2. The number of aliphatic hydroxyl groups is 1. The summed E-state index contributed by atoms with van der Waals surface area (Å²) in [5, 5.41) is 27.2. The first-order valence-corrected chi connectivity index (χ1v) is 8.87. The minimum Gasteiger partial charge on any atom is -0.468 e. The van der Waals surface area contributed by atoms with E-state index in [-0.39, 0.29) is 35.1 Å². The van der Waals surface area contributed by atoms with Crippen molar-refractivity contribution in [3.05, 3.63) is 53.9 Å². The summed E-state index contributed by atoms with van der Waals surface area (Å²) in [6.45, 7) is 0.693. The van der Waals surface area contributed by atoms with E-state index in [1.807, 2.05) is 6.92 Å². The van der Waals surface area contributed by atoms with Gasteiger partial charge in [0, 0.05) is 10.7 Å². The summed E-state index contributed by atoms with van der Waals surface area (Å²) in [6.07, 6.45) is 1.37. The lowest BCUT2D eigenvalue weighted by Gasteiger charge is -2.20. The van der Waals surface area contributed by atoms with E-state index < -0.39 is 18.3 Å². The standard InChI is InChI=1S/C19H20FN7O2/c1-4-26-16(21-11-22-26)10-29-18-13(19(2,3)28)9-15-23-24-17(27(15)25-18)12-7-5-6-8-14(12)20/h5-9,11,28H,4,10H2,1-3H3/i2D3. The van der Waals surface area contributed by atoms with Crippen LogP contribution in [-0.4, -0.2) is 39.7 Å². The highest BCUT2D eigenvalue weighted by Gasteiger charge is 2.26. The van der Waals surface area contributed by atoms with Crippen LogP contribution in [0.5, 0.6) is 5.88 Å². The Bertz CT molecular complexity index is 1270. The molecule has 4 rings (SSSR count). The van der Waals surface area contributed by atoms with Crippen LogP contribution in [-0.2, 0) is 18.8 Å². The lowest BCUT2D eigenvalue weighted by molar-refractivity contribution is 0.0729. The third-order valence-corrected chi connectivity index (χ3v) is 4.33. The summed E-state index contributed by atoms with van der Waals surface area (Å²) in [7, 11) is 0. The Labute approximate surface area is 170 Å². The number of nitrogens with zero attached hydrogens (tertiary/aromatic N) is 7. The number of halogens is 1. The van der Waals surface area contributed by atoms with E-state index in [1.54, 1.807) is 16.8 Å². The SMILES string of the molecule is [2H]C([2H])([2H])C(C)(O)c1cc2nnc(-c3ccccc3F)n2nc1OCc1ncnn1CC. The number of ether oxygens (including phenoxy) is 1. The first-order chi connectivity index (χ1) is 15.1. The average molecular weight is 400 g/mol. The molecule has 0 aliphatic rings. The number of hydrogen-bond acceptors (Lipinski definition) is 7. The van der Waals surface area contributed by atoms with Gasteiger partial charge in [-0.25, -0.2) is 14.1 Å². The van der Waals surface area contributed by atoms with Crippen molar-refractivity contribution in [3.63, 3.8) is 0 Å². The van der Waals surface area contributed by atoms with Gasteiger partial charge in [0.2, 0.25) is 5.88 Å². The molecular weight excluding hydrogens is 377 g/mol. The number of hydrogen-bond donors (Lipinski definition) is 1. The van der Waals surface area contributed by atoms with Gasteiger partial charge in [0.1, 0.15) is 18.8 Å². The van der Waals surface area contributed by atoms with Crippen LogP contribution in [0.4, 0.5) is 4.39 Å². The van der Waals surface area contributed by atoms with Crippen LogP contribution in [0.25, 0.3) is 17.0 Å². The predicted octanol–water partition coefficient (Wildman–Crippen LogP) is 2.35. The molecule has 0 fully saturated rings. The van der Waals surface area contributed by atoms with Crippen LogP contribution < -0.4 is 4.74 Å². The summed E-state index contributed by atoms with van der Waals surface area (Å²) in [6, 6.07) is 7.29. The van der Waals surface area contributed by atoms with Gasteiger partial charge in [-0.05, 0) is 38.9 Å². The fraction of sp³-hybridized carbons (Fsp3) is 0.316. The molecule has 3 heterocycles. The van der Waals surface area contributed by atoms with Crippen LogP contribution >= 0.6 is 0 Å². The van der Waals surface area contributed by atoms with Gasteiger partial charge in [-0.2, -0.15) is 9.61 Å². The zero-order valence-electron chi connectivity index (χ0n) is 18.7. The van der Waals surface area contributed by atoms with E-state index in [9.17, 15) is 9.50 Å². The van der Waals surface area contributed by atoms with Crippen LogP contribution in [0, 0.1) is 5.82 Å². The Morgan fingerprint density at radius 2 is 2.14 bits per heavy atom. The topological polar surface area (TPSA) is 103 Å². The maximum Gasteiger partial charge on any atom is 0.238 e. The van der Waals surface area contributed by atoms with Gasteiger partial charge in [-0.1, -0.05) is 12.1 Å². The molecule has 1 N–H and O–H groups in total. The summed E-state index contributed by atoms with van der Waals surface area (Å²) in [5.74, 6) is -0.131. The molecule has 4 aromatic rings. The molecule has 0 saturated carbocycles. The molecule has 1 atom stereocenters. The zero-order valence-corrected chi connectivity index (χ0v) is 15.7. The van der Waals surface area contributed by atoms with Crippen molar-refractivity contribution in [2.45, 2.75) is 39.5 Å². The number of benzene rings is 1. The molecule has 1 unspecified atom stereocenters. The Kier molecular flexibility index (Phi) is 3.86. The predicted molar refractivity (Wildman–Crippen MR) is 101 cm³/mol. The van der Waals surface area contributed by atoms with Gasteiger partial charge < -0.3 is 9.84 Å². The third-order valence-electron chi connectivity index (χ3n) is 4.33. The summed E-state index contributed by atoms with van der Waals surface area (Å²) in [5.41, 5.74) is -2.15. The van der Waals surface area contributed by atoms with Crippen LogP contribution in [0.3, 0.4) is 0 Å². The van der Waals surface area contributed by atoms with Gasteiger partial charge >= 0.3 is 0 Å². The van der Waals surface area contributed by atoms with Crippen molar-refractivity contribution in [2.24, 2.45) is 0 Å². The number of aryl methyl sites for hydroxylation is 1. The lowest BCUT2D eigenvalue weighted by Crippen LogP contribution is -2.20. The van der Waals surface area contributed by atoms with Gasteiger partial charge in [-0.15, -0.1) is 15.3 Å². The highest BCUT2D eigenvalue weighted by molar-refractivity contribution is 5.60. The molecule has 3 aromatic heterocycles. The quantitative estimate of drug-likeness (QED) is 0.530. The fourth-order valence-corrected chi connectivity index (χ4v) is 2.88. The second-order valence-electron chi connectivity index (χ2n) is 6.49. The molecule has 1 aromatic carbocycles. The van der Waals surface area contributed by atoms with Crippen molar-refractivity contribution >= 4 is 5.65 Å². The maximum atomic E-state index is 14.4. The number of aromatic nitrogens is 7. The molecule has 0 amide bonds. The summed E-state index contributed by atoms with van der Waals surface area (Å²) >= 11 is 0. The molecule has 150 valence electrons. The first kappa shape index (κ1) is 15.5. The van der Waals surface area contributed by atoms with E-state index in [0.29, 0.717) is 12.4 Å². The molecule has 0 spiro atoms. The van der Waals surface area contributed by atoms with Crippen LogP contribution in [0.15, 0.2) is 36.7 Å². The van der Waals surface area contributed by atoms with E-state index in [4.69, 9.17) is 8.85 Å². The normalized spacial score (nSPS) is 15.5. The minimum atomic E-state index is -2.79. The average Bonchev–Trinajstić information content (AvgIpc) is 3.37. The maximum absolute atomic E-state index is 14.4. The highest BCUT2D eigenvalue weighted by Crippen LogP contribution is 2.31. The molecule has 9 nitrogen and oxygen atoms in total. The third kappa shape index (κ3) is 3.54. The smallest absolute Gasteiger partial charge is 0.238 e. The van der Waals surface area contributed by atoms with Crippen LogP contribution in [0.2, 0.25) is 0 Å². The van der Waals surface area contributed by atoms with Gasteiger partial charge in [0.05, 0.1) is 16.7 Å². The molecule has 0 aliphatic carbocycles. The minimum absolute atomic E-state index is 0.0897. The van der Waals surface area contributed by atoms with Gasteiger partial charge in [0.25, 0.3) is 0 Å². The van der Waals surface area contributed by atoms with Crippen LogP contribution in [0.1, 0.15) is 36.2 Å².